The first-order chi connectivity index (χ1) is 13.0. The van der Waals surface area contributed by atoms with Crippen molar-refractivity contribution in [3.8, 4) is 11.5 Å². The number of phenolic OH excluding ortho intramolecular Hbond substituents is 1. The van der Waals surface area contributed by atoms with Crippen LogP contribution in [0.25, 0.3) is 0 Å². The molecule has 1 amide bonds. The summed E-state index contributed by atoms with van der Waals surface area (Å²) in [5.74, 6) is -0.438. The second kappa shape index (κ2) is 8.17. The summed E-state index contributed by atoms with van der Waals surface area (Å²) in [7, 11) is 1.45. The van der Waals surface area contributed by atoms with Crippen molar-refractivity contribution in [3.63, 3.8) is 0 Å². The molecule has 0 saturated carbocycles. The predicted molar refractivity (Wildman–Crippen MR) is 99.1 cm³/mol. The third-order valence-corrected chi connectivity index (χ3v) is 4.37. The maximum absolute atomic E-state index is 13.2. The normalized spacial score (nSPS) is 10.6. The van der Waals surface area contributed by atoms with Crippen LogP contribution >= 0.6 is 15.9 Å². The summed E-state index contributed by atoms with van der Waals surface area (Å²) in [5, 5.41) is 20.3. The lowest BCUT2D eigenvalue weighted by molar-refractivity contribution is 0.0945. The van der Waals surface area contributed by atoms with E-state index >= 15 is 0 Å². The SMILES string of the molecule is COc1cc(CNC(=O)c2cn(Cc3cccc(F)c3)nn2)cc(Br)c1O. The number of carbonyl (C=O) groups excluding carboxylic acids is 1. The third kappa shape index (κ3) is 4.62. The number of hydrogen-bond acceptors (Lipinski definition) is 5. The van der Waals surface area contributed by atoms with E-state index in [4.69, 9.17) is 4.74 Å². The van der Waals surface area contributed by atoms with Gasteiger partial charge in [0.2, 0.25) is 0 Å². The Labute approximate surface area is 162 Å². The number of aromatic nitrogens is 3. The van der Waals surface area contributed by atoms with Gasteiger partial charge in [-0.1, -0.05) is 17.3 Å². The highest BCUT2D eigenvalue weighted by Gasteiger charge is 2.13. The number of rotatable bonds is 6. The van der Waals surface area contributed by atoms with Crippen molar-refractivity contribution < 1.29 is 19.0 Å². The van der Waals surface area contributed by atoms with Crippen molar-refractivity contribution in [2.45, 2.75) is 13.1 Å². The lowest BCUT2D eigenvalue weighted by Gasteiger charge is -2.09. The molecule has 0 fully saturated rings. The summed E-state index contributed by atoms with van der Waals surface area (Å²) in [4.78, 5) is 12.3. The number of ether oxygens (including phenoxy) is 1. The zero-order valence-electron chi connectivity index (χ0n) is 14.3. The molecule has 27 heavy (non-hydrogen) atoms. The summed E-state index contributed by atoms with van der Waals surface area (Å²) in [5.41, 5.74) is 1.60. The number of carbonyl (C=O) groups is 1. The average molecular weight is 435 g/mol. The molecule has 0 aliphatic heterocycles. The molecule has 9 heteroatoms. The smallest absolute Gasteiger partial charge is 0.273 e. The Kier molecular flexibility index (Phi) is 5.70. The maximum Gasteiger partial charge on any atom is 0.273 e. The number of methoxy groups -OCH3 is 1. The van der Waals surface area contributed by atoms with Gasteiger partial charge in [0, 0.05) is 6.54 Å². The Balaban J connectivity index is 1.64. The number of phenols is 1. The van der Waals surface area contributed by atoms with E-state index in [0.717, 1.165) is 5.56 Å². The number of amides is 1. The van der Waals surface area contributed by atoms with E-state index < -0.39 is 5.91 Å². The standard InChI is InChI=1S/C18H16BrFN4O3/c1-27-16-7-12(6-14(19)17(16)25)8-21-18(26)15-10-24(23-22-15)9-11-3-2-4-13(20)5-11/h2-7,10,25H,8-9H2,1H3,(H,21,26). The molecule has 0 aliphatic carbocycles. The molecule has 0 atom stereocenters. The molecule has 0 spiro atoms. The number of benzene rings is 2. The molecule has 1 aromatic heterocycles. The Bertz CT molecular complexity index is 977. The zero-order chi connectivity index (χ0) is 19.4. The molecule has 3 rings (SSSR count). The molecular formula is C18H16BrFN4O3. The molecular weight excluding hydrogens is 419 g/mol. The average Bonchev–Trinajstić information content (AvgIpc) is 3.11. The molecule has 0 saturated heterocycles. The van der Waals surface area contributed by atoms with Crippen molar-refractivity contribution in [1.82, 2.24) is 20.3 Å². The predicted octanol–water partition coefficient (Wildman–Crippen LogP) is 2.87. The van der Waals surface area contributed by atoms with Crippen molar-refractivity contribution in [2.75, 3.05) is 7.11 Å². The van der Waals surface area contributed by atoms with Crippen LogP contribution in [0.2, 0.25) is 0 Å². The molecule has 3 aromatic rings. The van der Waals surface area contributed by atoms with Crippen LogP contribution < -0.4 is 10.1 Å². The van der Waals surface area contributed by atoms with Crippen LogP contribution in [-0.2, 0) is 13.1 Å². The molecule has 140 valence electrons. The summed E-state index contributed by atoms with van der Waals surface area (Å²) >= 11 is 3.23. The second-order valence-electron chi connectivity index (χ2n) is 5.74. The van der Waals surface area contributed by atoms with E-state index in [2.05, 4.69) is 31.6 Å². The highest BCUT2D eigenvalue weighted by atomic mass is 79.9. The highest BCUT2D eigenvalue weighted by Crippen LogP contribution is 2.35. The minimum absolute atomic E-state index is 0.00660. The van der Waals surface area contributed by atoms with Crippen molar-refractivity contribution in [2.24, 2.45) is 0 Å². The Hall–Kier alpha value is -2.94. The minimum atomic E-state index is -0.399. The number of aromatic hydroxyl groups is 1. The minimum Gasteiger partial charge on any atom is -0.503 e. The maximum atomic E-state index is 13.2. The Morgan fingerprint density at radius 1 is 1.33 bits per heavy atom. The van der Waals surface area contributed by atoms with Gasteiger partial charge in [0.15, 0.2) is 17.2 Å². The topological polar surface area (TPSA) is 89.3 Å². The van der Waals surface area contributed by atoms with Crippen molar-refractivity contribution in [1.29, 1.82) is 0 Å². The molecule has 0 aliphatic rings. The van der Waals surface area contributed by atoms with Gasteiger partial charge in [0.1, 0.15) is 5.82 Å². The van der Waals surface area contributed by atoms with Crippen LogP contribution in [0.5, 0.6) is 11.5 Å². The van der Waals surface area contributed by atoms with Crippen LogP contribution in [0.15, 0.2) is 47.1 Å². The number of nitrogens with zero attached hydrogens (tertiary/aromatic N) is 3. The zero-order valence-corrected chi connectivity index (χ0v) is 15.9. The van der Waals surface area contributed by atoms with Gasteiger partial charge in [-0.3, -0.25) is 4.79 Å². The monoisotopic (exact) mass is 434 g/mol. The van der Waals surface area contributed by atoms with Crippen molar-refractivity contribution in [3.05, 3.63) is 69.7 Å². The first-order valence-electron chi connectivity index (χ1n) is 7.94. The fourth-order valence-electron chi connectivity index (χ4n) is 2.46. The Morgan fingerprint density at radius 2 is 2.15 bits per heavy atom. The lowest BCUT2D eigenvalue weighted by atomic mass is 10.2. The second-order valence-corrected chi connectivity index (χ2v) is 6.60. The lowest BCUT2D eigenvalue weighted by Crippen LogP contribution is -2.23. The summed E-state index contributed by atoms with van der Waals surface area (Å²) in [6.45, 7) is 0.519. The molecule has 1 heterocycles. The number of halogens is 2. The highest BCUT2D eigenvalue weighted by molar-refractivity contribution is 9.10. The van der Waals surface area contributed by atoms with Gasteiger partial charge in [-0.25, -0.2) is 9.07 Å². The molecule has 0 bridgehead atoms. The van der Waals surface area contributed by atoms with E-state index in [-0.39, 0.29) is 23.8 Å². The molecule has 0 unspecified atom stereocenters. The quantitative estimate of drug-likeness (QED) is 0.622. The van der Waals surface area contributed by atoms with Gasteiger partial charge in [-0.15, -0.1) is 5.10 Å². The van der Waals surface area contributed by atoms with E-state index in [1.807, 2.05) is 0 Å². The molecule has 2 N–H and O–H groups in total. The van der Waals surface area contributed by atoms with Gasteiger partial charge in [-0.2, -0.15) is 0 Å². The van der Waals surface area contributed by atoms with Gasteiger partial charge in [0.05, 0.1) is 24.3 Å². The summed E-state index contributed by atoms with van der Waals surface area (Å²) < 4.78 is 20.2. The summed E-state index contributed by atoms with van der Waals surface area (Å²) in [6.07, 6.45) is 1.49. The van der Waals surface area contributed by atoms with E-state index in [0.29, 0.717) is 22.3 Å². The molecule has 2 aromatic carbocycles. The third-order valence-electron chi connectivity index (χ3n) is 3.77. The molecule has 0 radical (unpaired) electrons. The van der Waals surface area contributed by atoms with Gasteiger partial charge in [-0.05, 0) is 51.3 Å². The van der Waals surface area contributed by atoms with Crippen LogP contribution in [0.3, 0.4) is 0 Å². The largest absolute Gasteiger partial charge is 0.503 e. The Morgan fingerprint density at radius 3 is 2.89 bits per heavy atom. The number of nitrogens with one attached hydrogen (secondary N) is 1. The van der Waals surface area contributed by atoms with Crippen LogP contribution in [-0.4, -0.2) is 33.1 Å². The van der Waals surface area contributed by atoms with Gasteiger partial charge in [0.25, 0.3) is 5.91 Å². The van der Waals surface area contributed by atoms with E-state index in [1.165, 1.54) is 30.1 Å². The first-order valence-corrected chi connectivity index (χ1v) is 8.73. The van der Waals surface area contributed by atoms with Crippen LogP contribution in [0, 0.1) is 5.82 Å². The number of hydrogen-bond donors (Lipinski definition) is 2. The van der Waals surface area contributed by atoms with Gasteiger partial charge < -0.3 is 15.2 Å². The van der Waals surface area contributed by atoms with Crippen molar-refractivity contribution >= 4 is 21.8 Å². The van der Waals surface area contributed by atoms with E-state index in [1.54, 1.807) is 24.3 Å². The van der Waals surface area contributed by atoms with Crippen LogP contribution in [0.4, 0.5) is 4.39 Å². The fraction of sp³-hybridized carbons (Fsp3) is 0.167. The molecule has 7 nitrogen and oxygen atoms in total. The fourth-order valence-corrected chi connectivity index (χ4v) is 2.95. The summed E-state index contributed by atoms with van der Waals surface area (Å²) in [6, 6.07) is 9.44. The van der Waals surface area contributed by atoms with Crippen LogP contribution in [0.1, 0.15) is 21.6 Å². The first kappa shape index (κ1) is 18.8. The van der Waals surface area contributed by atoms with E-state index in [9.17, 15) is 14.3 Å². The van der Waals surface area contributed by atoms with Gasteiger partial charge >= 0.3 is 0 Å².